The van der Waals surface area contributed by atoms with Crippen molar-refractivity contribution in [3.05, 3.63) is 93.8 Å². The molecule has 1 aliphatic rings. The van der Waals surface area contributed by atoms with Gasteiger partial charge in [0.15, 0.2) is 5.82 Å². The molecule has 2 amide bonds. The van der Waals surface area contributed by atoms with Crippen molar-refractivity contribution in [3.63, 3.8) is 0 Å². The summed E-state index contributed by atoms with van der Waals surface area (Å²) in [7, 11) is 1.25. The molecule has 2 aromatic heterocycles. The Morgan fingerprint density at radius 3 is 2.67 bits per heavy atom. The highest BCUT2D eigenvalue weighted by molar-refractivity contribution is 6.31. The highest BCUT2D eigenvalue weighted by Gasteiger charge is 2.24. The van der Waals surface area contributed by atoms with Gasteiger partial charge in [-0.15, -0.1) is 0 Å². The summed E-state index contributed by atoms with van der Waals surface area (Å²) in [5.41, 5.74) is 1.64. The van der Waals surface area contributed by atoms with E-state index in [-0.39, 0.29) is 22.5 Å². The smallest absolute Gasteiger partial charge is 0.411 e. The molecule has 0 saturated carbocycles. The number of carbonyl (C=O) groups is 2. The number of methoxy groups -OCH3 is 1. The summed E-state index contributed by atoms with van der Waals surface area (Å²) < 4.78 is 35.2. The average Bonchev–Trinajstić information content (AvgIpc) is 2.97. The highest BCUT2D eigenvalue weighted by Crippen LogP contribution is 2.35. The number of carbonyl (C=O) groups excluding carboxylic acids is 2. The summed E-state index contributed by atoms with van der Waals surface area (Å²) in [5, 5.41) is 5.28. The van der Waals surface area contributed by atoms with Crippen LogP contribution in [0, 0.1) is 17.6 Å². The van der Waals surface area contributed by atoms with Crippen LogP contribution in [0.25, 0.3) is 22.4 Å². The van der Waals surface area contributed by atoms with Crippen LogP contribution in [-0.2, 0) is 9.53 Å². The van der Waals surface area contributed by atoms with E-state index in [2.05, 4.69) is 25.3 Å². The van der Waals surface area contributed by atoms with Crippen molar-refractivity contribution in [2.75, 3.05) is 17.7 Å². The molecule has 4 aromatic rings. The molecule has 0 fully saturated rings. The molecule has 1 aliphatic heterocycles. The Labute approximate surface area is 244 Å². The topological polar surface area (TPSA) is 115 Å². The van der Waals surface area contributed by atoms with Crippen molar-refractivity contribution in [1.82, 2.24) is 14.5 Å². The third kappa shape index (κ3) is 5.87. The van der Waals surface area contributed by atoms with E-state index in [0.717, 1.165) is 18.2 Å². The van der Waals surface area contributed by atoms with Gasteiger partial charge in [0.1, 0.15) is 5.82 Å². The minimum Gasteiger partial charge on any atom is -0.453 e. The summed E-state index contributed by atoms with van der Waals surface area (Å²) >= 11 is 5.84. The number of nitrogens with one attached hydrogen (secondary N) is 2. The summed E-state index contributed by atoms with van der Waals surface area (Å²) in [4.78, 5) is 47.0. The predicted molar refractivity (Wildman–Crippen MR) is 154 cm³/mol. The maximum atomic E-state index is 14.6. The van der Waals surface area contributed by atoms with Crippen LogP contribution in [0.1, 0.15) is 37.9 Å². The van der Waals surface area contributed by atoms with Gasteiger partial charge < -0.3 is 10.1 Å². The largest absolute Gasteiger partial charge is 0.453 e. The third-order valence-electron chi connectivity index (χ3n) is 7.18. The van der Waals surface area contributed by atoms with Gasteiger partial charge in [-0.2, -0.15) is 0 Å². The van der Waals surface area contributed by atoms with E-state index in [4.69, 9.17) is 11.6 Å². The first-order valence-corrected chi connectivity index (χ1v) is 13.5. The molecule has 3 heterocycles. The Morgan fingerprint density at radius 1 is 1.10 bits per heavy atom. The molecule has 2 bridgehead atoms. The van der Waals surface area contributed by atoms with Gasteiger partial charge in [0.05, 0.1) is 47.1 Å². The number of hydrogen-bond donors (Lipinski definition) is 2. The number of pyridine rings is 1. The second-order valence-corrected chi connectivity index (χ2v) is 10.3. The molecule has 0 aliphatic carbocycles. The number of hydrogen-bond acceptors (Lipinski definition) is 6. The summed E-state index contributed by atoms with van der Waals surface area (Å²) in [6, 6.07) is 11.2. The number of benzene rings is 2. The number of ether oxygens (including phenoxy) is 1. The van der Waals surface area contributed by atoms with Gasteiger partial charge in [-0.25, -0.2) is 18.6 Å². The fourth-order valence-electron chi connectivity index (χ4n) is 4.92. The summed E-state index contributed by atoms with van der Waals surface area (Å²) in [5.74, 6) is -2.46. The zero-order valence-electron chi connectivity index (χ0n) is 22.7. The van der Waals surface area contributed by atoms with Crippen LogP contribution in [-0.4, -0.2) is 33.6 Å². The number of amides is 2. The van der Waals surface area contributed by atoms with Crippen LogP contribution in [0.4, 0.5) is 25.0 Å². The zero-order valence-corrected chi connectivity index (χ0v) is 23.4. The maximum Gasteiger partial charge on any atom is 0.411 e. The molecule has 2 atom stereocenters. The second kappa shape index (κ2) is 12.1. The quantitative estimate of drug-likeness (QED) is 0.265. The first kappa shape index (κ1) is 28.9. The van der Waals surface area contributed by atoms with Crippen molar-refractivity contribution in [2.24, 2.45) is 5.92 Å². The van der Waals surface area contributed by atoms with Gasteiger partial charge in [0.25, 0.3) is 5.56 Å². The molecule has 0 unspecified atom stereocenters. The molecule has 12 heteroatoms. The number of aromatic nitrogens is 3. The zero-order chi connectivity index (χ0) is 30.0. The molecule has 216 valence electrons. The van der Waals surface area contributed by atoms with Crippen LogP contribution >= 0.6 is 11.6 Å². The average molecular weight is 594 g/mol. The third-order valence-corrected chi connectivity index (χ3v) is 7.47. The Balaban J connectivity index is 1.59. The second-order valence-electron chi connectivity index (χ2n) is 9.92. The lowest BCUT2D eigenvalue weighted by molar-refractivity contribution is -0.119. The molecule has 2 aromatic carbocycles. The normalized spacial score (nSPS) is 16.8. The van der Waals surface area contributed by atoms with Crippen LogP contribution in [0.2, 0.25) is 5.02 Å². The number of anilines is 2. The van der Waals surface area contributed by atoms with E-state index >= 15 is 0 Å². The van der Waals surface area contributed by atoms with Gasteiger partial charge in [-0.05, 0) is 54.8 Å². The van der Waals surface area contributed by atoms with Crippen molar-refractivity contribution >= 4 is 35.0 Å². The first-order valence-electron chi connectivity index (χ1n) is 13.1. The van der Waals surface area contributed by atoms with Crippen LogP contribution in [0.5, 0.6) is 0 Å². The van der Waals surface area contributed by atoms with E-state index in [1.54, 1.807) is 37.4 Å². The van der Waals surface area contributed by atoms with Gasteiger partial charge >= 0.3 is 6.09 Å². The first-order chi connectivity index (χ1) is 20.2. The van der Waals surface area contributed by atoms with E-state index in [1.165, 1.54) is 18.0 Å². The fraction of sp³-hybridized carbons (Fsp3) is 0.233. The lowest BCUT2D eigenvalue weighted by Gasteiger charge is -2.23. The Kier molecular flexibility index (Phi) is 8.30. The van der Waals surface area contributed by atoms with E-state index in [9.17, 15) is 23.2 Å². The van der Waals surface area contributed by atoms with Crippen molar-refractivity contribution < 1.29 is 23.1 Å². The number of halogens is 3. The van der Waals surface area contributed by atoms with Crippen molar-refractivity contribution in [3.8, 4) is 22.4 Å². The molecule has 0 radical (unpaired) electrons. The lowest BCUT2D eigenvalue weighted by atomic mass is 9.95. The molecular formula is C30H26ClF2N5O4. The Hall–Kier alpha value is -4.64. The molecule has 9 nitrogen and oxygen atoms in total. The number of rotatable bonds is 3. The van der Waals surface area contributed by atoms with Gasteiger partial charge in [0, 0.05) is 29.4 Å². The van der Waals surface area contributed by atoms with Crippen molar-refractivity contribution in [2.45, 2.75) is 32.2 Å². The molecule has 5 rings (SSSR count). The molecule has 2 N–H and O–H groups in total. The number of fused-ring (bicyclic) bond motifs is 4. The Bertz CT molecular complexity index is 1750. The molecular weight excluding hydrogens is 568 g/mol. The molecule has 0 spiro atoms. The molecule has 0 saturated heterocycles. The van der Waals surface area contributed by atoms with E-state index in [1.807, 2.05) is 6.07 Å². The SMILES string of the molecule is COC(=O)Nc1ccc2c(c1)NC(=O)[C@H](C)CCC[C@H](n1cnc(-c3c(F)ccc(Cl)c3F)cc1=O)c1cc-2ccn1. The maximum absolute atomic E-state index is 14.6. The summed E-state index contributed by atoms with van der Waals surface area (Å²) in [6.07, 6.45) is 3.72. The fourth-order valence-corrected chi connectivity index (χ4v) is 5.08. The monoisotopic (exact) mass is 593 g/mol. The minimum atomic E-state index is -1.00. The van der Waals surface area contributed by atoms with Gasteiger partial charge in [-0.3, -0.25) is 24.5 Å². The highest BCUT2D eigenvalue weighted by atomic mass is 35.5. The number of nitrogens with zero attached hydrogens (tertiary/aromatic N) is 3. The van der Waals surface area contributed by atoms with Crippen LogP contribution in [0.3, 0.4) is 0 Å². The molecule has 42 heavy (non-hydrogen) atoms. The van der Waals surface area contributed by atoms with Crippen LogP contribution < -0.4 is 16.2 Å². The van der Waals surface area contributed by atoms with Crippen molar-refractivity contribution in [1.29, 1.82) is 0 Å². The van der Waals surface area contributed by atoms with Crippen LogP contribution in [0.15, 0.2) is 65.8 Å². The lowest BCUT2D eigenvalue weighted by Crippen LogP contribution is -2.27. The Morgan fingerprint density at radius 2 is 1.90 bits per heavy atom. The summed E-state index contributed by atoms with van der Waals surface area (Å²) in [6.45, 7) is 1.81. The van der Waals surface area contributed by atoms with Gasteiger partial charge in [-0.1, -0.05) is 31.0 Å². The van der Waals surface area contributed by atoms with E-state index in [0.29, 0.717) is 47.5 Å². The van der Waals surface area contributed by atoms with E-state index < -0.39 is 34.9 Å². The van der Waals surface area contributed by atoms with Gasteiger partial charge in [0.2, 0.25) is 5.91 Å². The minimum absolute atomic E-state index is 0.181. The standard InChI is InChI=1S/C30H26ClF2N5O4/c1-16-4-3-5-25(38-15-35-24(14-26(38)39)27-21(32)9-8-20(31)28(27)33)23-12-17(10-11-34-23)19-7-6-18(36-30(41)42-2)13-22(19)37-29(16)40/h6-16,25H,3-5H2,1-2H3,(H,36,41)(H,37,40)/t16-,25+/m1/s1. The predicted octanol–water partition coefficient (Wildman–Crippen LogP) is 6.43.